The van der Waals surface area contributed by atoms with Crippen LogP contribution in [-0.4, -0.2) is 41.3 Å². The topological polar surface area (TPSA) is 51.7 Å². The SMILES string of the molecule is CC(C)(C)OC(=O)N1CCC(=CCOc2ccc(Cl)nc2I)CC1. The van der Waals surface area contributed by atoms with Crippen molar-refractivity contribution < 1.29 is 14.3 Å². The molecule has 2 rings (SSSR count). The van der Waals surface area contributed by atoms with Crippen LogP contribution in [0.4, 0.5) is 4.79 Å². The van der Waals surface area contributed by atoms with Gasteiger partial charge in [0, 0.05) is 13.1 Å². The first-order valence-electron chi connectivity index (χ1n) is 7.85. The maximum Gasteiger partial charge on any atom is 0.410 e. The summed E-state index contributed by atoms with van der Waals surface area (Å²) in [5, 5.41) is 0.458. The minimum atomic E-state index is -0.454. The molecule has 0 radical (unpaired) electrons. The number of hydrogen-bond acceptors (Lipinski definition) is 4. The van der Waals surface area contributed by atoms with Crippen LogP contribution in [0.5, 0.6) is 5.75 Å². The summed E-state index contributed by atoms with van der Waals surface area (Å²) in [6.07, 6.45) is 3.54. The van der Waals surface area contributed by atoms with Crippen molar-refractivity contribution in [3.63, 3.8) is 0 Å². The predicted octanol–water partition coefficient (Wildman–Crippen LogP) is 4.68. The molecule has 0 atom stereocenters. The van der Waals surface area contributed by atoms with Crippen molar-refractivity contribution in [2.24, 2.45) is 0 Å². The number of aromatic nitrogens is 1. The fourth-order valence-corrected chi connectivity index (χ4v) is 3.15. The normalized spacial score (nSPS) is 15.2. The first-order chi connectivity index (χ1) is 11.2. The molecule has 1 aromatic heterocycles. The van der Waals surface area contributed by atoms with Crippen LogP contribution in [0.1, 0.15) is 33.6 Å². The number of rotatable bonds is 3. The molecule has 1 aliphatic heterocycles. The highest BCUT2D eigenvalue weighted by Gasteiger charge is 2.24. The third kappa shape index (κ3) is 6.12. The lowest BCUT2D eigenvalue weighted by atomic mass is 10.0. The number of pyridine rings is 1. The first kappa shape index (κ1) is 19.3. The van der Waals surface area contributed by atoms with Gasteiger partial charge in [-0.05, 0) is 74.4 Å². The van der Waals surface area contributed by atoms with E-state index in [1.807, 2.05) is 26.8 Å². The van der Waals surface area contributed by atoms with Crippen LogP contribution < -0.4 is 4.74 Å². The summed E-state index contributed by atoms with van der Waals surface area (Å²) in [6, 6.07) is 3.53. The molecule has 24 heavy (non-hydrogen) atoms. The summed E-state index contributed by atoms with van der Waals surface area (Å²) in [5.41, 5.74) is 0.844. The highest BCUT2D eigenvalue weighted by atomic mass is 127. The van der Waals surface area contributed by atoms with Crippen molar-refractivity contribution in [3.05, 3.63) is 32.6 Å². The maximum atomic E-state index is 12.0. The van der Waals surface area contributed by atoms with Crippen molar-refractivity contribution in [2.45, 2.75) is 39.2 Å². The van der Waals surface area contributed by atoms with E-state index in [0.29, 0.717) is 24.8 Å². The molecule has 0 bridgehead atoms. The van der Waals surface area contributed by atoms with E-state index in [4.69, 9.17) is 21.1 Å². The molecule has 0 N–H and O–H groups in total. The van der Waals surface area contributed by atoms with Gasteiger partial charge in [-0.15, -0.1) is 0 Å². The zero-order valence-corrected chi connectivity index (χ0v) is 17.1. The lowest BCUT2D eigenvalue weighted by Crippen LogP contribution is -2.40. The minimum absolute atomic E-state index is 0.236. The van der Waals surface area contributed by atoms with E-state index in [1.165, 1.54) is 5.57 Å². The Morgan fingerprint density at radius 3 is 2.62 bits per heavy atom. The molecule has 1 saturated heterocycles. The number of ether oxygens (including phenoxy) is 2. The number of carbonyl (C=O) groups is 1. The zero-order valence-electron chi connectivity index (χ0n) is 14.1. The Bertz CT molecular complexity index is 619. The molecule has 7 heteroatoms. The molecule has 132 valence electrons. The van der Waals surface area contributed by atoms with Gasteiger partial charge in [-0.25, -0.2) is 9.78 Å². The molecule has 1 amide bonds. The van der Waals surface area contributed by atoms with Gasteiger partial charge in [0.15, 0.2) is 5.75 Å². The Kier molecular flexibility index (Phi) is 6.74. The average molecular weight is 465 g/mol. The molecule has 0 spiro atoms. The van der Waals surface area contributed by atoms with Crippen molar-refractivity contribution >= 4 is 40.3 Å². The summed E-state index contributed by atoms with van der Waals surface area (Å²) < 4.78 is 11.9. The van der Waals surface area contributed by atoms with Crippen molar-refractivity contribution in [1.82, 2.24) is 9.88 Å². The molecule has 0 aromatic carbocycles. The number of amides is 1. The van der Waals surface area contributed by atoms with Crippen LogP contribution in [0.25, 0.3) is 0 Å². The Morgan fingerprint density at radius 1 is 1.38 bits per heavy atom. The Morgan fingerprint density at radius 2 is 2.04 bits per heavy atom. The highest BCUT2D eigenvalue weighted by molar-refractivity contribution is 14.1. The quantitative estimate of drug-likeness (QED) is 0.370. The first-order valence-corrected chi connectivity index (χ1v) is 9.31. The summed E-state index contributed by atoms with van der Waals surface area (Å²) in [6.45, 7) is 7.49. The Hall–Kier alpha value is -1.02. The van der Waals surface area contributed by atoms with Crippen molar-refractivity contribution in [2.75, 3.05) is 19.7 Å². The second-order valence-corrected chi connectivity index (χ2v) is 7.97. The summed E-state index contributed by atoms with van der Waals surface area (Å²) in [7, 11) is 0. The van der Waals surface area contributed by atoms with Gasteiger partial charge >= 0.3 is 6.09 Å². The van der Waals surface area contributed by atoms with Crippen LogP contribution in [0, 0.1) is 3.70 Å². The number of hydrogen-bond donors (Lipinski definition) is 0. The lowest BCUT2D eigenvalue weighted by Gasteiger charge is -2.31. The second-order valence-electron chi connectivity index (χ2n) is 6.56. The third-order valence-corrected chi connectivity index (χ3v) is 4.43. The van der Waals surface area contributed by atoms with Gasteiger partial charge < -0.3 is 14.4 Å². The molecular formula is C17H22ClIN2O3. The fourth-order valence-electron chi connectivity index (χ4n) is 2.26. The van der Waals surface area contributed by atoms with Gasteiger partial charge in [0.2, 0.25) is 0 Å². The number of halogens is 2. The summed E-state index contributed by atoms with van der Waals surface area (Å²) in [4.78, 5) is 17.9. The summed E-state index contributed by atoms with van der Waals surface area (Å²) >= 11 is 7.93. The van der Waals surface area contributed by atoms with E-state index in [-0.39, 0.29) is 6.09 Å². The van der Waals surface area contributed by atoms with Crippen LogP contribution in [-0.2, 0) is 4.74 Å². The monoisotopic (exact) mass is 464 g/mol. The van der Waals surface area contributed by atoms with Crippen LogP contribution in [0.15, 0.2) is 23.8 Å². The van der Waals surface area contributed by atoms with E-state index in [0.717, 1.165) is 22.3 Å². The Labute approximate surface area is 161 Å². The lowest BCUT2D eigenvalue weighted by molar-refractivity contribution is 0.0236. The van der Waals surface area contributed by atoms with E-state index in [2.05, 4.69) is 33.7 Å². The number of piperidine rings is 1. The van der Waals surface area contributed by atoms with Gasteiger partial charge in [0.25, 0.3) is 0 Å². The fraction of sp³-hybridized carbons (Fsp3) is 0.529. The third-order valence-electron chi connectivity index (χ3n) is 3.45. The van der Waals surface area contributed by atoms with E-state index in [1.54, 1.807) is 11.0 Å². The summed E-state index contributed by atoms with van der Waals surface area (Å²) in [5.74, 6) is 0.725. The molecule has 1 aromatic rings. The van der Waals surface area contributed by atoms with Crippen molar-refractivity contribution in [3.8, 4) is 5.75 Å². The highest BCUT2D eigenvalue weighted by Crippen LogP contribution is 2.22. The molecule has 0 aliphatic carbocycles. The average Bonchev–Trinajstić information content (AvgIpc) is 2.48. The van der Waals surface area contributed by atoms with Gasteiger partial charge in [-0.3, -0.25) is 0 Å². The minimum Gasteiger partial charge on any atom is -0.487 e. The van der Waals surface area contributed by atoms with Crippen LogP contribution >= 0.6 is 34.2 Å². The molecule has 0 saturated carbocycles. The molecule has 1 fully saturated rings. The number of nitrogens with zero attached hydrogens (tertiary/aromatic N) is 2. The largest absolute Gasteiger partial charge is 0.487 e. The standard InChI is InChI=1S/C17H22ClIN2O3/c1-17(2,3)24-16(22)21-9-6-12(7-10-21)8-11-23-13-4-5-14(18)20-15(13)19/h4-5,8H,6-7,9-11H2,1-3H3. The van der Waals surface area contributed by atoms with E-state index in [9.17, 15) is 4.79 Å². The maximum absolute atomic E-state index is 12.0. The smallest absolute Gasteiger partial charge is 0.410 e. The van der Waals surface area contributed by atoms with Crippen LogP contribution in [0.3, 0.4) is 0 Å². The molecule has 0 unspecified atom stereocenters. The molecule has 5 nitrogen and oxygen atoms in total. The van der Waals surface area contributed by atoms with E-state index >= 15 is 0 Å². The predicted molar refractivity (Wildman–Crippen MR) is 103 cm³/mol. The molecule has 2 heterocycles. The number of likely N-dealkylation sites (tertiary alicyclic amines) is 1. The zero-order chi connectivity index (χ0) is 17.7. The van der Waals surface area contributed by atoms with Gasteiger partial charge in [0.1, 0.15) is 21.1 Å². The Balaban J connectivity index is 1.79. The number of carbonyl (C=O) groups excluding carboxylic acids is 1. The second kappa shape index (κ2) is 8.38. The van der Waals surface area contributed by atoms with E-state index < -0.39 is 5.60 Å². The van der Waals surface area contributed by atoms with Gasteiger partial charge in [0.05, 0.1) is 0 Å². The van der Waals surface area contributed by atoms with Crippen LogP contribution in [0.2, 0.25) is 5.15 Å². The molecule has 1 aliphatic rings. The molecular weight excluding hydrogens is 443 g/mol. The van der Waals surface area contributed by atoms with Gasteiger partial charge in [-0.2, -0.15) is 0 Å². The van der Waals surface area contributed by atoms with Crippen molar-refractivity contribution in [1.29, 1.82) is 0 Å². The van der Waals surface area contributed by atoms with Gasteiger partial charge in [-0.1, -0.05) is 17.2 Å².